The van der Waals surface area contributed by atoms with Crippen molar-refractivity contribution in [3.63, 3.8) is 0 Å². The topological polar surface area (TPSA) is 9.23 Å². The first-order valence-corrected chi connectivity index (χ1v) is 4.27. The highest BCUT2D eigenvalue weighted by atomic mass is 35.5. The Hall–Kier alpha value is -0.900. The highest BCUT2D eigenvalue weighted by Crippen LogP contribution is 2.28. The van der Waals surface area contributed by atoms with E-state index in [-0.39, 0.29) is 5.75 Å². The van der Waals surface area contributed by atoms with Crippen molar-refractivity contribution in [2.45, 2.75) is 18.7 Å². The first kappa shape index (κ1) is 11.2. The molecule has 1 nitrogen and oxygen atoms in total. The third kappa shape index (κ3) is 2.80. The molecule has 1 aromatic carbocycles. The monoisotopic (exact) mass is 224 g/mol. The van der Waals surface area contributed by atoms with E-state index in [2.05, 4.69) is 16.3 Å². The second-order valence-electron chi connectivity index (χ2n) is 2.78. The number of hydrogen-bond donors (Lipinski definition) is 0. The van der Waals surface area contributed by atoms with Gasteiger partial charge in [-0.15, -0.1) is 0 Å². The lowest BCUT2D eigenvalue weighted by Crippen LogP contribution is -2.32. The molecule has 0 saturated heterocycles. The smallest absolute Gasteiger partial charge is 0.429 e. The molecule has 0 aliphatic heterocycles. The summed E-state index contributed by atoms with van der Waals surface area (Å²) in [4.78, 5) is 0. The first-order valence-electron chi connectivity index (χ1n) is 3.83. The van der Waals surface area contributed by atoms with Crippen molar-refractivity contribution in [2.24, 2.45) is 0 Å². The first-order chi connectivity index (χ1) is 6.42. The molecule has 0 aromatic heterocycles. The maximum atomic E-state index is 12.6. The minimum absolute atomic E-state index is 0.113. The van der Waals surface area contributed by atoms with Gasteiger partial charge in [0, 0.05) is 0 Å². The second-order valence-corrected chi connectivity index (χ2v) is 3.16. The Balaban J connectivity index is 2.78. The van der Waals surface area contributed by atoms with E-state index in [4.69, 9.17) is 0 Å². The van der Waals surface area contributed by atoms with E-state index in [0.717, 1.165) is 5.56 Å². The van der Waals surface area contributed by atoms with Crippen LogP contribution in [-0.4, -0.2) is 11.7 Å². The summed E-state index contributed by atoms with van der Waals surface area (Å²) in [6.45, 7) is 1.71. The van der Waals surface area contributed by atoms with E-state index in [1.807, 2.05) is 0 Å². The Bertz CT molecular complexity index is 315. The van der Waals surface area contributed by atoms with Crippen molar-refractivity contribution in [3.8, 4) is 5.75 Å². The summed E-state index contributed by atoms with van der Waals surface area (Å²) in [6, 6.07) is 5.91. The van der Waals surface area contributed by atoms with E-state index in [0.29, 0.717) is 0 Å². The van der Waals surface area contributed by atoms with E-state index in [1.165, 1.54) is 18.2 Å². The van der Waals surface area contributed by atoms with Crippen molar-refractivity contribution >= 4 is 11.6 Å². The highest BCUT2D eigenvalue weighted by Gasteiger charge is 2.42. The van der Waals surface area contributed by atoms with Gasteiger partial charge in [0.2, 0.25) is 0 Å². The number of ether oxygens (including phenoxy) is 1. The Labute approximate surface area is 84.4 Å². The molecule has 0 aliphatic carbocycles. The number of halogens is 4. The maximum Gasteiger partial charge on any atom is 0.444 e. The molecule has 1 aromatic rings. The second kappa shape index (κ2) is 4.09. The van der Waals surface area contributed by atoms with Crippen LogP contribution in [0.25, 0.3) is 0 Å². The lowest BCUT2D eigenvalue weighted by Gasteiger charge is -2.17. The van der Waals surface area contributed by atoms with Crippen LogP contribution < -0.4 is 4.74 Å². The number of benzene rings is 1. The molecule has 78 valence electrons. The van der Waals surface area contributed by atoms with Crippen LogP contribution in [0.3, 0.4) is 0 Å². The minimum Gasteiger partial charge on any atom is -0.429 e. The summed E-state index contributed by atoms with van der Waals surface area (Å²) >= 11 is 4.62. The van der Waals surface area contributed by atoms with Gasteiger partial charge >= 0.3 is 6.11 Å². The minimum atomic E-state index is -4.00. The number of rotatable bonds is 3. The van der Waals surface area contributed by atoms with Crippen molar-refractivity contribution < 1.29 is 17.9 Å². The van der Waals surface area contributed by atoms with Gasteiger partial charge in [-0.1, -0.05) is 23.7 Å². The number of alkyl halides is 4. The van der Waals surface area contributed by atoms with Crippen molar-refractivity contribution in [3.05, 3.63) is 29.8 Å². The Morgan fingerprint density at radius 2 is 2.07 bits per heavy atom. The van der Waals surface area contributed by atoms with Gasteiger partial charge in [0.15, 0.2) is 0 Å². The van der Waals surface area contributed by atoms with Crippen molar-refractivity contribution in [2.75, 3.05) is 0 Å². The van der Waals surface area contributed by atoms with Crippen LogP contribution in [-0.2, 0) is 0 Å². The zero-order chi connectivity index (χ0) is 10.8. The molecule has 1 atom stereocenters. The molecule has 0 heterocycles. The predicted molar refractivity (Wildman–Crippen MR) is 47.5 cm³/mol. The van der Waals surface area contributed by atoms with E-state index < -0.39 is 11.7 Å². The fourth-order valence-corrected chi connectivity index (χ4v) is 0.925. The van der Waals surface area contributed by atoms with E-state index in [1.54, 1.807) is 13.0 Å². The Morgan fingerprint density at radius 3 is 2.57 bits per heavy atom. The van der Waals surface area contributed by atoms with Gasteiger partial charge in [-0.05, 0) is 24.6 Å². The molecular formula is C9H8ClF3O. The average molecular weight is 225 g/mol. The van der Waals surface area contributed by atoms with Gasteiger partial charge in [-0.25, -0.2) is 4.39 Å². The summed E-state index contributed by atoms with van der Waals surface area (Å²) in [5.74, 6) is -0.113. The predicted octanol–water partition coefficient (Wildman–Crippen LogP) is 3.50. The number of aryl methyl sites for hydroxylation is 1. The molecule has 1 rings (SSSR count). The Morgan fingerprint density at radius 1 is 1.43 bits per heavy atom. The van der Waals surface area contributed by atoms with Crippen molar-refractivity contribution in [1.82, 2.24) is 0 Å². The molecule has 0 fully saturated rings. The lowest BCUT2D eigenvalue weighted by atomic mass is 10.2. The summed E-state index contributed by atoms with van der Waals surface area (Å²) in [5, 5.41) is 0. The average Bonchev–Trinajstić information content (AvgIpc) is 2.02. The Kier molecular flexibility index (Phi) is 3.26. The van der Waals surface area contributed by atoms with Crippen LogP contribution in [0.15, 0.2) is 24.3 Å². The zero-order valence-corrected chi connectivity index (χ0v) is 8.06. The lowest BCUT2D eigenvalue weighted by molar-refractivity contribution is -0.199. The van der Waals surface area contributed by atoms with Crippen LogP contribution >= 0.6 is 11.6 Å². The van der Waals surface area contributed by atoms with Gasteiger partial charge in [0.25, 0.3) is 5.63 Å². The molecule has 0 N–H and O–H groups in total. The van der Waals surface area contributed by atoms with E-state index >= 15 is 0 Å². The van der Waals surface area contributed by atoms with Crippen LogP contribution in [0.5, 0.6) is 5.75 Å². The summed E-state index contributed by atoms with van der Waals surface area (Å²) in [6.07, 6.45) is -4.00. The third-order valence-corrected chi connectivity index (χ3v) is 1.75. The maximum absolute atomic E-state index is 12.6. The summed E-state index contributed by atoms with van der Waals surface area (Å²) < 4.78 is 41.5. The van der Waals surface area contributed by atoms with Crippen LogP contribution in [0, 0.1) is 6.92 Å². The third-order valence-electron chi connectivity index (χ3n) is 1.50. The van der Waals surface area contributed by atoms with Gasteiger partial charge < -0.3 is 4.74 Å². The van der Waals surface area contributed by atoms with Gasteiger partial charge in [-0.2, -0.15) is 8.78 Å². The normalized spacial score (nSPS) is 13.8. The molecule has 14 heavy (non-hydrogen) atoms. The number of hydrogen-bond acceptors (Lipinski definition) is 1. The van der Waals surface area contributed by atoms with E-state index in [9.17, 15) is 13.2 Å². The van der Waals surface area contributed by atoms with Gasteiger partial charge in [0.05, 0.1) is 0 Å². The fourth-order valence-electron chi connectivity index (χ4n) is 0.881. The highest BCUT2D eigenvalue weighted by molar-refractivity contribution is 6.20. The van der Waals surface area contributed by atoms with Crippen molar-refractivity contribution in [1.29, 1.82) is 0 Å². The molecule has 0 bridgehead atoms. The molecule has 1 unspecified atom stereocenters. The standard InChI is InChI=1S/C9H8ClF3O/c1-6-3-2-4-7(5-6)14-9(12,13)8(10)11/h2-5,8H,1H3. The molecule has 0 saturated carbocycles. The molecule has 0 radical (unpaired) electrons. The summed E-state index contributed by atoms with van der Waals surface area (Å²) in [5.41, 5.74) is -2.12. The molecule has 0 aliphatic rings. The quantitative estimate of drug-likeness (QED) is 0.714. The van der Waals surface area contributed by atoms with Gasteiger partial charge in [-0.3, -0.25) is 0 Å². The fraction of sp³-hybridized carbons (Fsp3) is 0.333. The van der Waals surface area contributed by atoms with Crippen LogP contribution in [0.1, 0.15) is 5.56 Å². The molecular weight excluding hydrogens is 217 g/mol. The van der Waals surface area contributed by atoms with Crippen LogP contribution in [0.2, 0.25) is 0 Å². The SMILES string of the molecule is Cc1cccc(OC(F)(F)C(F)Cl)c1. The largest absolute Gasteiger partial charge is 0.444 e. The van der Waals surface area contributed by atoms with Gasteiger partial charge in [0.1, 0.15) is 5.75 Å². The summed E-state index contributed by atoms with van der Waals surface area (Å²) in [7, 11) is 0. The molecule has 0 spiro atoms. The molecule has 0 amide bonds. The zero-order valence-electron chi connectivity index (χ0n) is 7.31. The molecule has 5 heteroatoms. The van der Waals surface area contributed by atoms with Crippen LogP contribution in [0.4, 0.5) is 13.2 Å².